The third kappa shape index (κ3) is 12.2. The first-order chi connectivity index (χ1) is 23.0. The highest BCUT2D eigenvalue weighted by molar-refractivity contribution is 7.89. The molecule has 4 rings (SSSR count). The van der Waals surface area contributed by atoms with Gasteiger partial charge in [0.25, 0.3) is 10.0 Å². The second-order valence-corrected chi connectivity index (χ2v) is 16.5. The molecule has 1 heterocycles. The lowest BCUT2D eigenvalue weighted by Crippen LogP contribution is -2.56. The second-order valence-electron chi connectivity index (χ2n) is 14.8. The Kier molecular flexibility index (Phi) is 12.5. The molecular weight excluding hydrogens is 648 g/mol. The Morgan fingerprint density at radius 2 is 1.53 bits per heavy atom. The largest absolute Gasteiger partial charge is 0.444 e. The number of aliphatic imine (C=N–C) groups is 1. The summed E-state index contributed by atoms with van der Waals surface area (Å²) >= 11 is 0. The summed E-state index contributed by atoms with van der Waals surface area (Å²) in [6.45, 7) is 11.1. The van der Waals surface area contributed by atoms with Crippen molar-refractivity contribution in [2.24, 2.45) is 10.9 Å². The highest BCUT2D eigenvalue weighted by atomic mass is 32.2. The molecule has 49 heavy (non-hydrogen) atoms. The first-order valence-corrected chi connectivity index (χ1v) is 18.6. The zero-order valence-electron chi connectivity index (χ0n) is 29.6. The Bertz CT molecular complexity index is 1610. The maximum absolute atomic E-state index is 13.8. The minimum Gasteiger partial charge on any atom is -0.444 e. The molecular formula is C35H52N6O7S. The second kappa shape index (κ2) is 16.2. The number of ether oxygens (including phenoxy) is 2. The molecule has 2 aromatic carbocycles. The number of guanidine groups is 1. The van der Waals surface area contributed by atoms with Crippen LogP contribution < -0.4 is 15.5 Å². The zero-order chi connectivity index (χ0) is 35.8. The van der Waals surface area contributed by atoms with Crippen LogP contribution in [0, 0.1) is 5.92 Å². The maximum Gasteiger partial charge on any atom is 0.437 e. The summed E-state index contributed by atoms with van der Waals surface area (Å²) in [5, 5.41) is 8.48. The molecule has 0 bridgehead atoms. The van der Waals surface area contributed by atoms with Gasteiger partial charge in [0.05, 0.1) is 4.90 Å². The third-order valence-corrected chi connectivity index (χ3v) is 9.49. The van der Waals surface area contributed by atoms with Crippen molar-refractivity contribution in [3.05, 3.63) is 42.5 Å². The zero-order valence-corrected chi connectivity index (χ0v) is 30.4. The van der Waals surface area contributed by atoms with Crippen molar-refractivity contribution in [3.8, 4) is 0 Å². The molecule has 3 N–H and O–H groups in total. The molecule has 2 aliphatic rings. The molecule has 2 fully saturated rings. The molecule has 0 radical (unpaired) electrons. The van der Waals surface area contributed by atoms with Crippen molar-refractivity contribution in [1.29, 1.82) is 0 Å². The molecule has 2 aromatic rings. The number of nitrogens with zero attached hydrogens (tertiary/aromatic N) is 3. The summed E-state index contributed by atoms with van der Waals surface area (Å²) in [6.07, 6.45) is 5.48. The van der Waals surface area contributed by atoms with Gasteiger partial charge in [0.2, 0.25) is 5.96 Å². The molecule has 1 saturated carbocycles. The van der Waals surface area contributed by atoms with Gasteiger partial charge in [-0.2, -0.15) is 0 Å². The molecule has 14 heteroatoms. The van der Waals surface area contributed by atoms with E-state index in [1.807, 2.05) is 24.3 Å². The van der Waals surface area contributed by atoms with Gasteiger partial charge in [-0.25, -0.2) is 27.8 Å². The van der Waals surface area contributed by atoms with Crippen LogP contribution in [0.5, 0.6) is 0 Å². The summed E-state index contributed by atoms with van der Waals surface area (Å²) in [5.74, 6) is -0.295. The number of amides is 4. The Morgan fingerprint density at radius 1 is 0.878 bits per heavy atom. The number of carbonyl (C=O) groups excluding carboxylic acids is 3. The predicted octanol–water partition coefficient (Wildman–Crippen LogP) is 6.30. The van der Waals surface area contributed by atoms with Crippen LogP contribution in [-0.2, 0) is 19.5 Å². The van der Waals surface area contributed by atoms with Gasteiger partial charge in [-0.15, -0.1) is 9.82 Å². The standard InChI is InChI=1S/C35H52N6O7S/c1-34(2,3)47-32(43)37-30(38-33(44)48-35(4,5)6)40-21-13-14-25(23-40)24-41(31(42)36-28-17-9-7-8-10-18-28)39-49(45,46)29-20-19-26-15-11-12-16-27(26)22-29/h11-12,15-16,19-20,22,25,28,39H,7-10,13-14,17-18,21,23-24H2,1-6H3,(H,36,42)(H,37,38,43,44). The van der Waals surface area contributed by atoms with Gasteiger partial charge in [0.15, 0.2) is 0 Å². The predicted molar refractivity (Wildman–Crippen MR) is 188 cm³/mol. The highest BCUT2D eigenvalue weighted by Crippen LogP contribution is 2.23. The lowest BCUT2D eigenvalue weighted by Gasteiger charge is -2.37. The summed E-state index contributed by atoms with van der Waals surface area (Å²) in [7, 11) is -4.15. The number of rotatable bonds is 6. The van der Waals surface area contributed by atoms with Crippen LogP contribution in [-0.4, -0.2) is 79.4 Å². The number of hydrogen-bond acceptors (Lipinski definition) is 7. The van der Waals surface area contributed by atoms with Crippen LogP contribution in [0.25, 0.3) is 10.8 Å². The van der Waals surface area contributed by atoms with E-state index in [9.17, 15) is 22.8 Å². The van der Waals surface area contributed by atoms with E-state index < -0.39 is 39.4 Å². The molecule has 1 aliphatic carbocycles. The van der Waals surface area contributed by atoms with E-state index in [1.165, 1.54) is 6.07 Å². The Hall–Kier alpha value is -3.91. The smallest absolute Gasteiger partial charge is 0.437 e. The number of alkyl carbamates (subject to hydrolysis) is 1. The minimum atomic E-state index is -4.15. The van der Waals surface area contributed by atoms with Crippen molar-refractivity contribution >= 4 is 45.0 Å². The van der Waals surface area contributed by atoms with E-state index in [2.05, 4.69) is 20.5 Å². The van der Waals surface area contributed by atoms with Gasteiger partial charge < -0.3 is 19.7 Å². The number of hydrogen-bond donors (Lipinski definition) is 3. The Morgan fingerprint density at radius 3 is 2.18 bits per heavy atom. The van der Waals surface area contributed by atoms with Crippen LogP contribution in [0.15, 0.2) is 52.4 Å². The minimum absolute atomic E-state index is 0.0357. The SMILES string of the molecule is CC(C)(C)OC(=O)/N=C(/NC(=O)OC(C)(C)C)N1CCCC(CN(NS(=O)(=O)c2ccc3ccccc3c2)C(=O)NC2CCCCCC2)C1. The number of nitrogens with one attached hydrogen (secondary N) is 3. The lowest BCUT2D eigenvalue weighted by atomic mass is 9.98. The number of likely N-dealkylation sites (tertiary alicyclic amines) is 1. The van der Waals surface area contributed by atoms with E-state index in [0.29, 0.717) is 19.4 Å². The normalized spacial score (nSPS) is 18.4. The van der Waals surface area contributed by atoms with Crippen LogP contribution in [0.1, 0.15) is 92.9 Å². The third-order valence-electron chi connectivity index (χ3n) is 8.15. The van der Waals surface area contributed by atoms with Crippen LogP contribution in [0.3, 0.4) is 0 Å². The summed E-state index contributed by atoms with van der Waals surface area (Å²) in [5.41, 5.74) is -1.60. The van der Waals surface area contributed by atoms with Gasteiger partial charge in [0.1, 0.15) is 11.2 Å². The monoisotopic (exact) mass is 700 g/mol. The average molecular weight is 701 g/mol. The number of sulfonamides is 1. The molecule has 0 aromatic heterocycles. The Balaban J connectivity index is 1.57. The fourth-order valence-corrected chi connectivity index (χ4v) is 7.06. The summed E-state index contributed by atoms with van der Waals surface area (Å²) in [4.78, 5) is 47.7. The van der Waals surface area contributed by atoms with E-state index in [0.717, 1.165) is 54.3 Å². The first kappa shape index (κ1) is 37.9. The molecule has 1 atom stereocenters. The molecule has 1 unspecified atom stereocenters. The molecule has 1 aliphatic heterocycles. The van der Waals surface area contributed by atoms with Crippen molar-refractivity contribution in [1.82, 2.24) is 25.4 Å². The van der Waals surface area contributed by atoms with Crippen molar-refractivity contribution < 1.29 is 32.3 Å². The van der Waals surface area contributed by atoms with Gasteiger partial charge in [-0.3, -0.25) is 5.32 Å². The van der Waals surface area contributed by atoms with Gasteiger partial charge in [-0.05, 0) is 96.0 Å². The average Bonchev–Trinajstić information content (AvgIpc) is 3.27. The van der Waals surface area contributed by atoms with Crippen molar-refractivity contribution in [2.75, 3.05) is 19.6 Å². The molecule has 4 amide bonds. The molecule has 13 nitrogen and oxygen atoms in total. The van der Waals surface area contributed by atoms with E-state index in [1.54, 1.807) is 58.6 Å². The van der Waals surface area contributed by atoms with Gasteiger partial charge in [0, 0.05) is 25.7 Å². The van der Waals surface area contributed by atoms with E-state index in [4.69, 9.17) is 9.47 Å². The number of piperidine rings is 1. The quantitative estimate of drug-likeness (QED) is 0.137. The number of hydrazine groups is 1. The van der Waals surface area contributed by atoms with E-state index >= 15 is 0 Å². The molecule has 1 saturated heterocycles. The fraction of sp³-hybridized carbons (Fsp3) is 0.600. The van der Waals surface area contributed by atoms with Crippen LogP contribution >= 0.6 is 0 Å². The first-order valence-electron chi connectivity index (χ1n) is 17.1. The highest BCUT2D eigenvalue weighted by Gasteiger charge is 2.32. The van der Waals surface area contributed by atoms with Crippen molar-refractivity contribution in [2.45, 2.75) is 115 Å². The topological polar surface area (TPSA) is 159 Å². The molecule has 270 valence electrons. The van der Waals surface area contributed by atoms with Gasteiger partial charge in [-0.1, -0.05) is 56.0 Å². The van der Waals surface area contributed by atoms with E-state index in [-0.39, 0.29) is 35.9 Å². The maximum atomic E-state index is 13.8. The van der Waals surface area contributed by atoms with Gasteiger partial charge >= 0.3 is 18.2 Å². The number of urea groups is 1. The van der Waals surface area contributed by atoms with Crippen LogP contribution in [0.2, 0.25) is 0 Å². The molecule has 0 spiro atoms. The lowest BCUT2D eigenvalue weighted by molar-refractivity contribution is 0.0550. The van der Waals surface area contributed by atoms with Crippen LogP contribution in [0.4, 0.5) is 14.4 Å². The summed E-state index contributed by atoms with van der Waals surface area (Å²) in [6, 6.07) is 11.7. The summed E-state index contributed by atoms with van der Waals surface area (Å²) < 4.78 is 38.3. The number of carbonyl (C=O) groups is 3. The van der Waals surface area contributed by atoms with Crippen molar-refractivity contribution in [3.63, 3.8) is 0 Å². The fourth-order valence-electron chi connectivity index (χ4n) is 5.98. The number of fused-ring (bicyclic) bond motifs is 1. The Labute approximate surface area is 290 Å². The number of benzene rings is 2.